The van der Waals surface area contributed by atoms with Gasteiger partial charge in [-0.25, -0.2) is 13.1 Å². The Bertz CT molecular complexity index is 726. The molecule has 2 aromatic rings. The van der Waals surface area contributed by atoms with E-state index in [0.717, 1.165) is 13.0 Å². The number of hydrogen-bond acceptors (Lipinski definition) is 4. The second-order valence-electron chi connectivity index (χ2n) is 5.36. The number of para-hydroxylation sites is 1. The summed E-state index contributed by atoms with van der Waals surface area (Å²) in [5.41, 5.74) is 2.55. The van der Waals surface area contributed by atoms with Gasteiger partial charge >= 0.3 is 0 Å². The standard InChI is InChI=1S/C16H20N2O2S2/c1-2-22(19,20)17-12-15(16-8-5-11-21-16)18-10-9-13-6-3-4-7-14(13)18/h3-8,11,15,17H,2,9-10,12H2,1H3. The highest BCUT2D eigenvalue weighted by atomic mass is 32.2. The van der Waals surface area contributed by atoms with E-state index in [1.165, 1.54) is 16.1 Å². The molecule has 0 radical (unpaired) electrons. The van der Waals surface area contributed by atoms with Crippen molar-refractivity contribution < 1.29 is 8.42 Å². The number of benzene rings is 1. The molecule has 1 atom stereocenters. The van der Waals surface area contributed by atoms with Gasteiger partial charge in [-0.2, -0.15) is 0 Å². The number of sulfonamides is 1. The number of nitrogens with one attached hydrogen (secondary N) is 1. The third-order valence-electron chi connectivity index (χ3n) is 4.05. The predicted molar refractivity (Wildman–Crippen MR) is 92.0 cm³/mol. The summed E-state index contributed by atoms with van der Waals surface area (Å²) in [5.74, 6) is 0.112. The molecule has 0 bridgehead atoms. The Labute approximate surface area is 135 Å². The van der Waals surface area contributed by atoms with E-state index in [9.17, 15) is 8.42 Å². The number of rotatable bonds is 6. The Balaban J connectivity index is 1.87. The van der Waals surface area contributed by atoms with Crippen molar-refractivity contribution in [3.8, 4) is 0 Å². The molecule has 3 rings (SSSR count). The van der Waals surface area contributed by atoms with Crippen LogP contribution in [0.4, 0.5) is 5.69 Å². The van der Waals surface area contributed by atoms with Crippen LogP contribution in [0.25, 0.3) is 0 Å². The summed E-state index contributed by atoms with van der Waals surface area (Å²) in [6, 6.07) is 12.5. The average Bonchev–Trinajstić information content (AvgIpc) is 3.18. The molecule has 2 heterocycles. The number of nitrogens with zero attached hydrogens (tertiary/aromatic N) is 1. The molecule has 1 aliphatic rings. The van der Waals surface area contributed by atoms with Crippen molar-refractivity contribution in [3.63, 3.8) is 0 Å². The van der Waals surface area contributed by atoms with E-state index >= 15 is 0 Å². The van der Waals surface area contributed by atoms with Crippen LogP contribution in [-0.4, -0.2) is 27.3 Å². The van der Waals surface area contributed by atoms with Crippen LogP contribution in [0.1, 0.15) is 23.4 Å². The molecule has 6 heteroatoms. The van der Waals surface area contributed by atoms with Crippen LogP contribution in [0, 0.1) is 0 Å². The van der Waals surface area contributed by atoms with Crippen molar-refractivity contribution >= 4 is 27.0 Å². The fourth-order valence-electron chi connectivity index (χ4n) is 2.84. The van der Waals surface area contributed by atoms with Gasteiger partial charge in [0, 0.05) is 23.7 Å². The second-order valence-corrected chi connectivity index (χ2v) is 8.43. The van der Waals surface area contributed by atoms with Crippen LogP contribution in [0.2, 0.25) is 0 Å². The Kier molecular flexibility index (Phi) is 4.52. The molecule has 1 aromatic carbocycles. The van der Waals surface area contributed by atoms with Crippen molar-refractivity contribution in [2.45, 2.75) is 19.4 Å². The van der Waals surface area contributed by atoms with Gasteiger partial charge in [0.1, 0.15) is 0 Å². The van der Waals surface area contributed by atoms with E-state index in [0.29, 0.717) is 6.54 Å². The second kappa shape index (κ2) is 6.40. The molecule has 118 valence electrons. The lowest BCUT2D eigenvalue weighted by Crippen LogP contribution is -2.37. The third kappa shape index (κ3) is 3.19. The molecule has 1 N–H and O–H groups in total. The third-order valence-corrected chi connectivity index (χ3v) is 6.39. The Morgan fingerprint density at radius 2 is 2.09 bits per heavy atom. The highest BCUT2D eigenvalue weighted by Gasteiger charge is 2.28. The smallest absolute Gasteiger partial charge is 0.211 e. The largest absolute Gasteiger partial charge is 0.362 e. The summed E-state index contributed by atoms with van der Waals surface area (Å²) in [4.78, 5) is 3.51. The van der Waals surface area contributed by atoms with Crippen molar-refractivity contribution in [3.05, 3.63) is 52.2 Å². The maximum atomic E-state index is 11.8. The first-order valence-electron chi connectivity index (χ1n) is 7.46. The van der Waals surface area contributed by atoms with E-state index in [4.69, 9.17) is 0 Å². The molecule has 0 saturated carbocycles. The van der Waals surface area contributed by atoms with Gasteiger partial charge in [-0.1, -0.05) is 24.3 Å². The molecule has 1 aliphatic heterocycles. The van der Waals surface area contributed by atoms with Crippen molar-refractivity contribution in [1.29, 1.82) is 0 Å². The fourth-order valence-corrected chi connectivity index (χ4v) is 4.30. The van der Waals surface area contributed by atoms with E-state index in [2.05, 4.69) is 33.9 Å². The molecule has 0 aliphatic carbocycles. The zero-order valence-corrected chi connectivity index (χ0v) is 14.2. The molecule has 0 amide bonds. The van der Waals surface area contributed by atoms with Gasteiger partial charge in [0.25, 0.3) is 0 Å². The monoisotopic (exact) mass is 336 g/mol. The van der Waals surface area contributed by atoms with E-state index in [1.807, 2.05) is 17.5 Å². The Morgan fingerprint density at radius 3 is 2.82 bits per heavy atom. The molecule has 0 saturated heterocycles. The fraction of sp³-hybridized carbons (Fsp3) is 0.375. The van der Waals surface area contributed by atoms with Gasteiger partial charge in [-0.3, -0.25) is 0 Å². The van der Waals surface area contributed by atoms with Gasteiger partial charge in [-0.15, -0.1) is 11.3 Å². The van der Waals surface area contributed by atoms with Gasteiger partial charge in [-0.05, 0) is 36.4 Å². The normalized spacial score (nSPS) is 15.8. The van der Waals surface area contributed by atoms with Gasteiger partial charge in [0.2, 0.25) is 10.0 Å². The first-order valence-corrected chi connectivity index (χ1v) is 9.99. The van der Waals surface area contributed by atoms with E-state index < -0.39 is 10.0 Å². The number of thiophene rings is 1. The highest BCUT2D eigenvalue weighted by molar-refractivity contribution is 7.89. The first-order chi connectivity index (χ1) is 10.6. The summed E-state index contributed by atoms with van der Waals surface area (Å²) in [6.45, 7) is 2.99. The van der Waals surface area contributed by atoms with Crippen LogP contribution >= 0.6 is 11.3 Å². The molecular weight excluding hydrogens is 316 g/mol. The van der Waals surface area contributed by atoms with Crippen LogP contribution in [0.15, 0.2) is 41.8 Å². The van der Waals surface area contributed by atoms with E-state index in [-0.39, 0.29) is 11.8 Å². The van der Waals surface area contributed by atoms with Gasteiger partial charge in [0.15, 0.2) is 0 Å². The summed E-state index contributed by atoms with van der Waals surface area (Å²) in [6.07, 6.45) is 1.01. The maximum Gasteiger partial charge on any atom is 0.211 e. The van der Waals surface area contributed by atoms with Crippen LogP contribution in [0.3, 0.4) is 0 Å². The summed E-state index contributed by atoms with van der Waals surface area (Å²) >= 11 is 1.67. The lowest BCUT2D eigenvalue weighted by Gasteiger charge is -2.30. The lowest BCUT2D eigenvalue weighted by molar-refractivity contribution is 0.566. The number of fused-ring (bicyclic) bond motifs is 1. The first kappa shape index (κ1) is 15.5. The van der Waals surface area contributed by atoms with Crippen molar-refractivity contribution in [2.75, 3.05) is 23.7 Å². The Morgan fingerprint density at radius 1 is 1.27 bits per heavy atom. The quantitative estimate of drug-likeness (QED) is 0.882. The zero-order chi connectivity index (χ0) is 15.6. The molecular formula is C16H20N2O2S2. The van der Waals surface area contributed by atoms with E-state index in [1.54, 1.807) is 18.3 Å². The topological polar surface area (TPSA) is 49.4 Å². The average molecular weight is 336 g/mol. The predicted octanol–water partition coefficient (Wildman–Crippen LogP) is 2.79. The molecule has 0 fully saturated rings. The minimum Gasteiger partial charge on any atom is -0.362 e. The van der Waals surface area contributed by atoms with Gasteiger partial charge in [0.05, 0.1) is 11.8 Å². The minimum atomic E-state index is -3.18. The molecule has 1 aromatic heterocycles. The summed E-state index contributed by atoms with van der Waals surface area (Å²) in [7, 11) is -3.18. The summed E-state index contributed by atoms with van der Waals surface area (Å²) < 4.78 is 26.4. The van der Waals surface area contributed by atoms with Crippen LogP contribution in [0.5, 0.6) is 0 Å². The zero-order valence-electron chi connectivity index (χ0n) is 12.5. The summed E-state index contributed by atoms with van der Waals surface area (Å²) in [5, 5.41) is 2.04. The van der Waals surface area contributed by atoms with Crippen LogP contribution < -0.4 is 9.62 Å². The number of hydrogen-bond donors (Lipinski definition) is 1. The molecule has 22 heavy (non-hydrogen) atoms. The van der Waals surface area contributed by atoms with Crippen molar-refractivity contribution in [2.24, 2.45) is 0 Å². The van der Waals surface area contributed by atoms with Crippen molar-refractivity contribution in [1.82, 2.24) is 4.72 Å². The number of anilines is 1. The molecule has 1 unspecified atom stereocenters. The highest BCUT2D eigenvalue weighted by Crippen LogP contribution is 2.36. The Hall–Kier alpha value is -1.37. The minimum absolute atomic E-state index is 0.0463. The molecule has 4 nitrogen and oxygen atoms in total. The van der Waals surface area contributed by atoms with Crippen LogP contribution in [-0.2, 0) is 16.4 Å². The maximum absolute atomic E-state index is 11.8. The SMILES string of the molecule is CCS(=O)(=O)NCC(c1cccs1)N1CCc2ccccc21. The molecule has 0 spiro atoms. The van der Waals surface area contributed by atoms with Gasteiger partial charge < -0.3 is 4.90 Å². The lowest BCUT2D eigenvalue weighted by atomic mass is 10.1.